The number of hydrogen-bond acceptors (Lipinski definition) is 3. The van der Waals surface area contributed by atoms with Gasteiger partial charge in [0.25, 0.3) is 0 Å². The average molecular weight is 266 g/mol. The van der Waals surface area contributed by atoms with Crippen molar-refractivity contribution in [1.29, 1.82) is 5.26 Å². The average Bonchev–Trinajstić information content (AvgIpc) is 2.53. The maximum Gasteiger partial charge on any atom is 0.123 e. The van der Waals surface area contributed by atoms with Gasteiger partial charge in [0, 0.05) is 18.7 Å². The first kappa shape index (κ1) is 14.1. The Morgan fingerprint density at radius 3 is 2.50 bits per heavy atom. The van der Waals surface area contributed by atoms with Gasteiger partial charge < -0.3 is 10.1 Å². The molecule has 0 aliphatic carbocycles. The maximum absolute atomic E-state index is 9.26. The number of rotatable bonds is 6. The van der Waals surface area contributed by atoms with Gasteiger partial charge in [-0.05, 0) is 11.6 Å². The Bertz CT molecular complexity index is 575. The Kier molecular flexibility index (Phi) is 5.16. The van der Waals surface area contributed by atoms with E-state index in [0.29, 0.717) is 13.1 Å². The summed E-state index contributed by atoms with van der Waals surface area (Å²) in [5.41, 5.74) is 2.14. The van der Waals surface area contributed by atoms with E-state index in [-0.39, 0.29) is 5.92 Å². The highest BCUT2D eigenvalue weighted by atomic mass is 16.5. The van der Waals surface area contributed by atoms with Crippen molar-refractivity contribution in [3.63, 3.8) is 0 Å². The minimum Gasteiger partial charge on any atom is -0.496 e. The van der Waals surface area contributed by atoms with Crippen molar-refractivity contribution in [3.05, 3.63) is 65.7 Å². The van der Waals surface area contributed by atoms with Crippen molar-refractivity contribution in [2.45, 2.75) is 12.5 Å². The number of nitriles is 1. The standard InChI is InChI=1S/C17H18N2O/c1-20-17-10-6-5-9-15(17)12-19-13-16(11-18)14-7-3-2-4-8-14/h2-10,16,19H,12-13H2,1H3. The number of hydrogen-bond donors (Lipinski definition) is 1. The molecule has 2 aromatic carbocycles. The van der Waals surface area contributed by atoms with Gasteiger partial charge in [0.1, 0.15) is 5.75 Å². The summed E-state index contributed by atoms with van der Waals surface area (Å²) < 4.78 is 5.31. The molecule has 20 heavy (non-hydrogen) atoms. The molecule has 3 nitrogen and oxygen atoms in total. The van der Waals surface area contributed by atoms with Crippen molar-refractivity contribution >= 4 is 0 Å². The lowest BCUT2D eigenvalue weighted by Crippen LogP contribution is -2.20. The molecular formula is C17H18N2O. The quantitative estimate of drug-likeness (QED) is 0.874. The summed E-state index contributed by atoms with van der Waals surface area (Å²) in [6.07, 6.45) is 0. The predicted molar refractivity (Wildman–Crippen MR) is 79.5 cm³/mol. The van der Waals surface area contributed by atoms with Crippen LogP contribution in [0.2, 0.25) is 0 Å². The highest BCUT2D eigenvalue weighted by molar-refractivity contribution is 5.33. The number of methoxy groups -OCH3 is 1. The Hall–Kier alpha value is -2.31. The van der Waals surface area contributed by atoms with Crippen LogP contribution in [0.1, 0.15) is 17.0 Å². The zero-order chi connectivity index (χ0) is 14.2. The molecule has 0 amide bonds. The molecule has 1 N–H and O–H groups in total. The number of nitrogens with zero attached hydrogens (tertiary/aromatic N) is 1. The molecule has 2 aromatic rings. The Labute approximate surface area is 119 Å². The van der Waals surface area contributed by atoms with Crippen LogP contribution in [0.3, 0.4) is 0 Å². The SMILES string of the molecule is COc1ccccc1CNCC(C#N)c1ccccc1. The predicted octanol–water partition coefficient (Wildman–Crippen LogP) is 3.09. The van der Waals surface area contributed by atoms with Gasteiger partial charge in [0.15, 0.2) is 0 Å². The lowest BCUT2D eigenvalue weighted by Gasteiger charge is -2.12. The van der Waals surface area contributed by atoms with Crippen LogP contribution in [-0.2, 0) is 6.54 Å². The van der Waals surface area contributed by atoms with Gasteiger partial charge >= 0.3 is 0 Å². The second kappa shape index (κ2) is 7.32. The van der Waals surface area contributed by atoms with E-state index in [0.717, 1.165) is 16.9 Å². The minimum absolute atomic E-state index is 0.133. The molecule has 0 aromatic heterocycles. The largest absolute Gasteiger partial charge is 0.496 e. The monoisotopic (exact) mass is 266 g/mol. The first-order chi connectivity index (χ1) is 9.85. The fourth-order valence-corrected chi connectivity index (χ4v) is 2.12. The van der Waals surface area contributed by atoms with E-state index < -0.39 is 0 Å². The van der Waals surface area contributed by atoms with E-state index in [2.05, 4.69) is 11.4 Å². The fourth-order valence-electron chi connectivity index (χ4n) is 2.12. The molecule has 0 aliphatic rings. The lowest BCUT2D eigenvalue weighted by molar-refractivity contribution is 0.407. The first-order valence-corrected chi connectivity index (χ1v) is 6.62. The molecule has 2 rings (SSSR count). The third kappa shape index (κ3) is 3.59. The zero-order valence-electron chi connectivity index (χ0n) is 11.5. The van der Waals surface area contributed by atoms with Gasteiger partial charge in [0.2, 0.25) is 0 Å². The van der Waals surface area contributed by atoms with Crippen LogP contribution in [0.4, 0.5) is 0 Å². The second-order valence-corrected chi connectivity index (χ2v) is 4.54. The molecule has 1 atom stereocenters. The molecule has 0 radical (unpaired) electrons. The fraction of sp³-hybridized carbons (Fsp3) is 0.235. The summed E-state index contributed by atoms with van der Waals surface area (Å²) >= 11 is 0. The molecule has 0 fully saturated rings. The van der Waals surface area contributed by atoms with Gasteiger partial charge in [-0.25, -0.2) is 0 Å². The van der Waals surface area contributed by atoms with Gasteiger partial charge in [-0.3, -0.25) is 0 Å². The van der Waals surface area contributed by atoms with Crippen molar-refractivity contribution in [3.8, 4) is 11.8 Å². The lowest BCUT2D eigenvalue weighted by atomic mass is 10.0. The molecule has 0 aliphatic heterocycles. The van der Waals surface area contributed by atoms with E-state index in [9.17, 15) is 5.26 Å². The third-order valence-electron chi connectivity index (χ3n) is 3.21. The van der Waals surface area contributed by atoms with Crippen LogP contribution in [-0.4, -0.2) is 13.7 Å². The molecule has 0 saturated heterocycles. The van der Waals surface area contributed by atoms with Gasteiger partial charge in [0.05, 0.1) is 19.1 Å². The van der Waals surface area contributed by atoms with Crippen LogP contribution in [0, 0.1) is 11.3 Å². The van der Waals surface area contributed by atoms with Crippen LogP contribution >= 0.6 is 0 Å². The van der Waals surface area contributed by atoms with E-state index >= 15 is 0 Å². The molecule has 0 saturated carbocycles. The zero-order valence-corrected chi connectivity index (χ0v) is 11.5. The third-order valence-corrected chi connectivity index (χ3v) is 3.21. The van der Waals surface area contributed by atoms with Gasteiger partial charge in [-0.1, -0.05) is 48.5 Å². The number of benzene rings is 2. The van der Waals surface area contributed by atoms with Crippen LogP contribution in [0.15, 0.2) is 54.6 Å². The Balaban J connectivity index is 1.93. The molecule has 0 bridgehead atoms. The van der Waals surface area contributed by atoms with E-state index in [4.69, 9.17) is 4.74 Å². The molecule has 102 valence electrons. The summed E-state index contributed by atoms with van der Waals surface area (Å²) in [6, 6.07) is 20.1. The second-order valence-electron chi connectivity index (χ2n) is 4.54. The highest BCUT2D eigenvalue weighted by Gasteiger charge is 2.10. The minimum atomic E-state index is -0.133. The normalized spacial score (nSPS) is 11.6. The van der Waals surface area contributed by atoms with Crippen LogP contribution in [0.5, 0.6) is 5.75 Å². The molecule has 0 spiro atoms. The molecule has 0 heterocycles. The van der Waals surface area contributed by atoms with Crippen LogP contribution in [0.25, 0.3) is 0 Å². The summed E-state index contributed by atoms with van der Waals surface area (Å²) in [4.78, 5) is 0. The summed E-state index contributed by atoms with van der Waals surface area (Å²) in [7, 11) is 1.67. The summed E-state index contributed by atoms with van der Waals surface area (Å²) in [5.74, 6) is 0.735. The molecule has 1 unspecified atom stereocenters. The first-order valence-electron chi connectivity index (χ1n) is 6.62. The number of nitrogens with one attached hydrogen (secondary N) is 1. The number of para-hydroxylation sites is 1. The summed E-state index contributed by atoms with van der Waals surface area (Å²) in [6.45, 7) is 1.31. The van der Waals surface area contributed by atoms with Crippen molar-refractivity contribution in [1.82, 2.24) is 5.32 Å². The van der Waals surface area contributed by atoms with E-state index in [1.165, 1.54) is 0 Å². The topological polar surface area (TPSA) is 45.0 Å². The van der Waals surface area contributed by atoms with Crippen LogP contribution < -0.4 is 10.1 Å². The maximum atomic E-state index is 9.26. The van der Waals surface area contributed by atoms with Crippen molar-refractivity contribution in [2.24, 2.45) is 0 Å². The smallest absolute Gasteiger partial charge is 0.123 e. The highest BCUT2D eigenvalue weighted by Crippen LogP contribution is 2.18. The van der Waals surface area contributed by atoms with E-state index in [1.54, 1.807) is 7.11 Å². The van der Waals surface area contributed by atoms with Gasteiger partial charge in [-0.15, -0.1) is 0 Å². The molecular weight excluding hydrogens is 248 g/mol. The number of ether oxygens (including phenoxy) is 1. The summed E-state index contributed by atoms with van der Waals surface area (Å²) in [5, 5.41) is 12.6. The van der Waals surface area contributed by atoms with Crippen molar-refractivity contribution < 1.29 is 4.74 Å². The Morgan fingerprint density at radius 2 is 1.80 bits per heavy atom. The van der Waals surface area contributed by atoms with Crippen molar-refractivity contribution in [2.75, 3.05) is 13.7 Å². The molecule has 3 heteroatoms. The van der Waals surface area contributed by atoms with E-state index in [1.807, 2.05) is 54.6 Å². The van der Waals surface area contributed by atoms with Gasteiger partial charge in [-0.2, -0.15) is 5.26 Å². The Morgan fingerprint density at radius 1 is 1.10 bits per heavy atom.